The van der Waals surface area contributed by atoms with E-state index in [-0.39, 0.29) is 42.3 Å². The Hall–Kier alpha value is -4.66. The molecule has 14 heteroatoms. The monoisotopic (exact) mass is 639 g/mol. The van der Waals surface area contributed by atoms with Crippen LogP contribution in [0.1, 0.15) is 32.6 Å². The largest absolute Gasteiger partial charge is 0.454 e. The van der Waals surface area contributed by atoms with Gasteiger partial charge in [0.15, 0.2) is 23.2 Å². The number of nitrogens with two attached hydrogens (primary N) is 1. The number of hydrogen-bond acceptors (Lipinski definition) is 7. The van der Waals surface area contributed by atoms with E-state index < -0.39 is 39.2 Å². The molecule has 1 aromatic heterocycles. The zero-order valence-electron chi connectivity index (χ0n) is 24.2. The summed E-state index contributed by atoms with van der Waals surface area (Å²) in [5.74, 6) is -4.12. The number of ketones is 1. The number of rotatable bonds is 8. The Kier molecular flexibility index (Phi) is 7.89. The summed E-state index contributed by atoms with van der Waals surface area (Å²) < 4.78 is 84.5. The first-order valence-corrected chi connectivity index (χ1v) is 15.4. The molecule has 0 bridgehead atoms. The van der Waals surface area contributed by atoms with E-state index in [0.717, 1.165) is 27.9 Å². The van der Waals surface area contributed by atoms with E-state index in [1.54, 1.807) is 32.1 Å². The molecule has 2 aliphatic rings. The van der Waals surface area contributed by atoms with Crippen molar-refractivity contribution in [3.63, 3.8) is 0 Å². The molecule has 3 aromatic carbocycles. The average Bonchev–Trinajstić information content (AvgIpc) is 3.58. The van der Waals surface area contributed by atoms with Crippen molar-refractivity contribution in [2.24, 2.45) is 0 Å². The maximum atomic E-state index is 15.3. The van der Waals surface area contributed by atoms with Crippen LogP contribution >= 0.6 is 0 Å². The highest BCUT2D eigenvalue weighted by Crippen LogP contribution is 2.35. The molecule has 0 saturated carbocycles. The molecule has 1 aliphatic heterocycles. The molecule has 45 heavy (non-hydrogen) atoms. The lowest BCUT2D eigenvalue weighted by atomic mass is 10.0. The van der Waals surface area contributed by atoms with Crippen LogP contribution in [0.2, 0.25) is 0 Å². The van der Waals surface area contributed by atoms with Gasteiger partial charge in [0.25, 0.3) is 0 Å². The van der Waals surface area contributed by atoms with E-state index in [1.807, 2.05) is 0 Å². The summed E-state index contributed by atoms with van der Waals surface area (Å²) in [4.78, 5) is 13.6. The molecular weight excluding hydrogens is 611 g/mol. The quantitative estimate of drug-likeness (QED) is 0.257. The molecule has 6 rings (SSSR count). The first kappa shape index (κ1) is 30.4. The number of aromatic nitrogens is 2. The highest BCUT2D eigenvalue weighted by molar-refractivity contribution is 7.90. The van der Waals surface area contributed by atoms with Gasteiger partial charge in [-0.3, -0.25) is 9.52 Å². The number of carbonyl (C=O) groups excluding carboxylic acids is 1. The molecule has 10 nitrogen and oxygen atoms in total. The first-order chi connectivity index (χ1) is 21.4. The molecule has 234 valence electrons. The highest BCUT2D eigenvalue weighted by atomic mass is 32.2. The molecule has 1 aliphatic carbocycles. The van der Waals surface area contributed by atoms with Crippen molar-refractivity contribution in [3.05, 3.63) is 99.5 Å². The van der Waals surface area contributed by atoms with Gasteiger partial charge in [-0.05, 0) is 72.5 Å². The molecule has 1 saturated heterocycles. The zero-order valence-corrected chi connectivity index (χ0v) is 25.1. The second-order valence-corrected chi connectivity index (χ2v) is 12.4. The summed E-state index contributed by atoms with van der Waals surface area (Å²) in [5.41, 5.74) is 9.64. The summed E-state index contributed by atoms with van der Waals surface area (Å²) in [6.07, 6.45) is 3.19. The zero-order chi connectivity index (χ0) is 32.0. The number of carbonyl (C=O) groups is 1. The number of ether oxygens (including phenoxy) is 2. The number of nitrogen functional groups attached to an aromatic ring is 1. The molecule has 4 aromatic rings. The van der Waals surface area contributed by atoms with E-state index in [0.29, 0.717) is 35.6 Å². The van der Waals surface area contributed by atoms with E-state index in [4.69, 9.17) is 15.2 Å². The minimum Gasteiger partial charge on any atom is -0.454 e. The second kappa shape index (κ2) is 11.7. The van der Waals surface area contributed by atoms with Crippen molar-refractivity contribution in [3.8, 4) is 17.2 Å². The van der Waals surface area contributed by atoms with Gasteiger partial charge in [-0.15, -0.1) is 0 Å². The van der Waals surface area contributed by atoms with Gasteiger partial charge in [0, 0.05) is 31.1 Å². The number of aryl methyl sites for hydroxylation is 2. The minimum atomic E-state index is -3.79. The van der Waals surface area contributed by atoms with Crippen LogP contribution in [-0.2, 0) is 21.4 Å². The number of hydrogen-bond donors (Lipinski definition) is 2. The van der Waals surface area contributed by atoms with Crippen molar-refractivity contribution in [1.29, 1.82) is 0 Å². The van der Waals surface area contributed by atoms with Crippen LogP contribution in [0, 0.1) is 31.3 Å². The first-order valence-electron chi connectivity index (χ1n) is 13.9. The molecule has 0 atom stereocenters. The van der Waals surface area contributed by atoms with Gasteiger partial charge < -0.3 is 15.2 Å². The van der Waals surface area contributed by atoms with Crippen LogP contribution in [-0.4, -0.2) is 54.6 Å². The van der Waals surface area contributed by atoms with Crippen molar-refractivity contribution in [2.75, 3.05) is 36.8 Å². The maximum Gasteiger partial charge on any atom is 0.301 e. The number of allylic oxidation sites excluding steroid dienone is 1. The number of nitrogens with zero attached hydrogens (tertiary/aromatic N) is 3. The Bertz CT molecular complexity index is 1960. The fourth-order valence-corrected chi connectivity index (χ4v) is 6.62. The van der Waals surface area contributed by atoms with Gasteiger partial charge in [0.1, 0.15) is 17.3 Å². The molecule has 0 unspecified atom stereocenters. The lowest BCUT2D eigenvalue weighted by Crippen LogP contribution is -2.43. The smallest absolute Gasteiger partial charge is 0.301 e. The summed E-state index contributed by atoms with van der Waals surface area (Å²) >= 11 is 0. The predicted octanol–water partition coefficient (Wildman–Crippen LogP) is 5.09. The number of nitrogens with one attached hydrogen (secondary N) is 1. The van der Waals surface area contributed by atoms with Gasteiger partial charge in [0.05, 0.1) is 30.7 Å². The van der Waals surface area contributed by atoms with Crippen molar-refractivity contribution in [1.82, 2.24) is 14.1 Å². The third-order valence-corrected chi connectivity index (χ3v) is 9.19. The fourth-order valence-electron chi connectivity index (χ4n) is 5.36. The summed E-state index contributed by atoms with van der Waals surface area (Å²) in [7, 11) is -3.79. The van der Waals surface area contributed by atoms with E-state index in [1.165, 1.54) is 28.7 Å². The molecule has 0 spiro atoms. The van der Waals surface area contributed by atoms with Crippen LogP contribution in [0.15, 0.2) is 54.2 Å². The molecule has 1 fully saturated rings. The van der Waals surface area contributed by atoms with Gasteiger partial charge in [-0.1, -0.05) is 6.07 Å². The lowest BCUT2D eigenvalue weighted by molar-refractivity contribution is 0.0733. The Balaban J connectivity index is 1.21. The number of benzene rings is 3. The second-order valence-electron chi connectivity index (χ2n) is 10.7. The summed E-state index contributed by atoms with van der Waals surface area (Å²) in [6, 6.07) is 9.33. The maximum absolute atomic E-state index is 15.3. The average molecular weight is 640 g/mol. The van der Waals surface area contributed by atoms with Gasteiger partial charge in [0.2, 0.25) is 5.82 Å². The Morgan fingerprint density at radius 2 is 1.80 bits per heavy atom. The SMILES string of the molecule is Cc1cc2c(cc1NS(=O)(=O)N1CCOCC1)CC(C(=O)c1cnn(-c3c(C)cc(Oc4cccc(F)c4F)cc3F)c1N)=C2. The van der Waals surface area contributed by atoms with Crippen molar-refractivity contribution in [2.45, 2.75) is 20.3 Å². The van der Waals surface area contributed by atoms with Crippen molar-refractivity contribution < 1.29 is 35.9 Å². The van der Waals surface area contributed by atoms with E-state index in [9.17, 15) is 22.0 Å². The highest BCUT2D eigenvalue weighted by Gasteiger charge is 2.28. The Labute approximate surface area is 257 Å². The number of anilines is 2. The summed E-state index contributed by atoms with van der Waals surface area (Å²) in [6.45, 7) is 4.48. The molecule has 2 heterocycles. The third-order valence-electron chi connectivity index (χ3n) is 7.67. The topological polar surface area (TPSA) is 129 Å². The molecule has 0 amide bonds. The van der Waals surface area contributed by atoms with E-state index >= 15 is 4.39 Å². The number of halogens is 3. The minimum absolute atomic E-state index is 0.0462. The Morgan fingerprint density at radius 3 is 2.53 bits per heavy atom. The van der Waals surface area contributed by atoms with Crippen LogP contribution in [0.5, 0.6) is 11.5 Å². The van der Waals surface area contributed by atoms with Gasteiger partial charge >= 0.3 is 10.2 Å². The lowest BCUT2D eigenvalue weighted by Gasteiger charge is -2.26. The predicted molar refractivity (Wildman–Crippen MR) is 161 cm³/mol. The van der Waals surface area contributed by atoms with Crippen LogP contribution < -0.4 is 15.2 Å². The molecule has 0 radical (unpaired) electrons. The van der Waals surface area contributed by atoms with Gasteiger partial charge in [-0.2, -0.15) is 22.2 Å². The van der Waals surface area contributed by atoms with Crippen LogP contribution in [0.4, 0.5) is 24.7 Å². The normalized spacial score (nSPS) is 15.1. The summed E-state index contributed by atoms with van der Waals surface area (Å²) in [5, 5.41) is 4.16. The Morgan fingerprint density at radius 1 is 1.04 bits per heavy atom. The third kappa shape index (κ3) is 5.79. The van der Waals surface area contributed by atoms with E-state index in [2.05, 4.69) is 9.82 Å². The van der Waals surface area contributed by atoms with Crippen LogP contribution in [0.25, 0.3) is 11.8 Å². The van der Waals surface area contributed by atoms with Crippen LogP contribution in [0.3, 0.4) is 0 Å². The number of fused-ring (bicyclic) bond motifs is 1. The standard InChI is InChI=1S/C31H28F3N5O5S/c1-17-10-19-12-21(13-20(19)14-26(17)37-45(41,42)38-6-8-43-9-7-38)30(40)23-16-36-39(31(23)35)29-18(2)11-22(15-25(29)33)44-27-5-3-4-24(32)28(27)34/h3-5,10-12,14-16,37H,6-9,13,35H2,1-2H3. The number of Topliss-reactive ketones (excluding diaryl/α,β-unsaturated/α-hetero) is 1. The van der Waals surface area contributed by atoms with Gasteiger partial charge in [-0.25, -0.2) is 13.5 Å². The van der Waals surface area contributed by atoms with Crippen molar-refractivity contribution >= 4 is 33.6 Å². The molecular formula is C31H28F3N5O5S. The fraction of sp³-hybridized carbons (Fsp3) is 0.226. The number of morpholine rings is 1. The molecule has 3 N–H and O–H groups in total.